The first-order valence-corrected chi connectivity index (χ1v) is 7.79. The Kier molecular flexibility index (Phi) is 4.59. The molecular weight excluding hydrogens is 310 g/mol. The van der Waals surface area contributed by atoms with E-state index in [1.54, 1.807) is 20.3 Å². The number of hydrogen-bond acceptors (Lipinski definition) is 6. The zero-order chi connectivity index (χ0) is 17.1. The van der Waals surface area contributed by atoms with Crippen LogP contribution in [0.5, 0.6) is 11.5 Å². The van der Waals surface area contributed by atoms with E-state index < -0.39 is 0 Å². The van der Waals surface area contributed by atoms with Crippen molar-refractivity contribution in [1.29, 1.82) is 0 Å². The summed E-state index contributed by atoms with van der Waals surface area (Å²) >= 11 is 0. The van der Waals surface area contributed by atoms with Gasteiger partial charge in [-0.1, -0.05) is 5.16 Å². The number of aromatic nitrogens is 1. The number of nitrogens with one attached hydrogen (secondary N) is 1. The Morgan fingerprint density at radius 2 is 1.96 bits per heavy atom. The number of nitrogens with zero attached hydrogens (tertiary/aromatic N) is 2. The normalized spacial score (nSPS) is 13.4. The van der Waals surface area contributed by atoms with Gasteiger partial charge in [0.1, 0.15) is 5.76 Å². The molecule has 0 aliphatic carbocycles. The zero-order valence-electron chi connectivity index (χ0n) is 14.1. The maximum absolute atomic E-state index is 12.4. The average Bonchev–Trinajstić information content (AvgIpc) is 3.03. The van der Waals surface area contributed by atoms with Crippen LogP contribution < -0.4 is 14.8 Å². The molecule has 1 aliphatic heterocycles. The fourth-order valence-electron chi connectivity index (χ4n) is 2.82. The van der Waals surface area contributed by atoms with E-state index in [4.69, 9.17) is 14.0 Å². The molecule has 0 fully saturated rings. The van der Waals surface area contributed by atoms with E-state index in [9.17, 15) is 4.79 Å². The monoisotopic (exact) mass is 331 g/mol. The van der Waals surface area contributed by atoms with Crippen molar-refractivity contribution in [3.05, 3.63) is 35.1 Å². The molecule has 128 valence electrons. The van der Waals surface area contributed by atoms with Gasteiger partial charge in [0.05, 0.1) is 20.8 Å². The number of carbonyl (C=O) groups is 1. The highest BCUT2D eigenvalue weighted by molar-refractivity contribution is 5.81. The summed E-state index contributed by atoms with van der Waals surface area (Å²) < 4.78 is 15.7. The lowest BCUT2D eigenvalue weighted by Gasteiger charge is -2.29. The molecule has 2 aromatic rings. The summed E-state index contributed by atoms with van der Waals surface area (Å²) in [4.78, 5) is 14.2. The predicted octanol–water partition coefficient (Wildman–Crippen LogP) is 2.00. The summed E-state index contributed by atoms with van der Waals surface area (Å²) in [6.45, 7) is 3.24. The molecule has 1 N–H and O–H groups in total. The average molecular weight is 331 g/mol. The summed E-state index contributed by atoms with van der Waals surface area (Å²) in [5, 5.41) is 6.81. The molecule has 0 saturated heterocycles. The van der Waals surface area contributed by atoms with Crippen molar-refractivity contribution in [3.8, 4) is 11.5 Å². The highest BCUT2D eigenvalue weighted by Crippen LogP contribution is 2.33. The van der Waals surface area contributed by atoms with Crippen molar-refractivity contribution in [3.63, 3.8) is 0 Å². The quantitative estimate of drug-likeness (QED) is 0.903. The van der Waals surface area contributed by atoms with Crippen molar-refractivity contribution in [1.82, 2.24) is 10.1 Å². The maximum atomic E-state index is 12.4. The number of benzene rings is 1. The molecular formula is C17H21N3O4. The van der Waals surface area contributed by atoms with Crippen molar-refractivity contribution < 1.29 is 18.8 Å². The molecule has 1 aromatic carbocycles. The van der Waals surface area contributed by atoms with Crippen LogP contribution in [0.3, 0.4) is 0 Å². The molecule has 24 heavy (non-hydrogen) atoms. The molecule has 2 heterocycles. The van der Waals surface area contributed by atoms with Crippen molar-refractivity contribution in [2.45, 2.75) is 19.9 Å². The standard InChI is InChI=1S/C17H21N3O4/c1-11-6-16(19-24-11)18-9-17(21)20-5-4-12-7-14(22-2)15(23-3)8-13(12)10-20/h6-8H,4-5,9-10H2,1-3H3,(H,18,19). The lowest BCUT2D eigenvalue weighted by Crippen LogP contribution is -2.39. The largest absolute Gasteiger partial charge is 0.493 e. The smallest absolute Gasteiger partial charge is 0.242 e. The third-order valence-corrected chi connectivity index (χ3v) is 4.12. The van der Waals surface area contributed by atoms with Crippen LogP contribution in [0.2, 0.25) is 0 Å². The number of hydrogen-bond donors (Lipinski definition) is 1. The van der Waals surface area contributed by atoms with E-state index in [0.717, 1.165) is 17.7 Å². The number of fused-ring (bicyclic) bond motifs is 1. The Balaban J connectivity index is 1.66. The Hall–Kier alpha value is -2.70. The third-order valence-electron chi connectivity index (χ3n) is 4.12. The van der Waals surface area contributed by atoms with Gasteiger partial charge in [0.15, 0.2) is 17.3 Å². The molecule has 7 nitrogen and oxygen atoms in total. The van der Waals surface area contributed by atoms with Crippen LogP contribution in [0.15, 0.2) is 22.7 Å². The molecule has 1 amide bonds. The number of ether oxygens (including phenoxy) is 2. The topological polar surface area (TPSA) is 76.8 Å². The first kappa shape index (κ1) is 16.2. The second kappa shape index (κ2) is 6.82. The van der Waals surface area contributed by atoms with Gasteiger partial charge < -0.3 is 24.2 Å². The summed E-state index contributed by atoms with van der Waals surface area (Å²) in [5.74, 6) is 2.71. The summed E-state index contributed by atoms with van der Waals surface area (Å²) in [7, 11) is 3.24. The molecule has 0 atom stereocenters. The summed E-state index contributed by atoms with van der Waals surface area (Å²) in [6.07, 6.45) is 0.796. The van der Waals surface area contributed by atoms with Crippen LogP contribution >= 0.6 is 0 Å². The van der Waals surface area contributed by atoms with E-state index >= 15 is 0 Å². The highest BCUT2D eigenvalue weighted by Gasteiger charge is 2.22. The van der Waals surface area contributed by atoms with E-state index in [0.29, 0.717) is 30.4 Å². The van der Waals surface area contributed by atoms with Crippen LogP contribution in [0.1, 0.15) is 16.9 Å². The lowest BCUT2D eigenvalue weighted by atomic mass is 9.98. The number of aryl methyl sites for hydroxylation is 1. The lowest BCUT2D eigenvalue weighted by molar-refractivity contribution is -0.130. The fourth-order valence-corrected chi connectivity index (χ4v) is 2.82. The van der Waals surface area contributed by atoms with Gasteiger partial charge in [0.2, 0.25) is 5.91 Å². The minimum atomic E-state index is 0.0242. The van der Waals surface area contributed by atoms with Gasteiger partial charge >= 0.3 is 0 Å². The summed E-state index contributed by atoms with van der Waals surface area (Å²) in [6, 6.07) is 5.70. The van der Waals surface area contributed by atoms with Gasteiger partial charge in [-0.25, -0.2) is 0 Å². The van der Waals surface area contributed by atoms with Crippen LogP contribution in [0, 0.1) is 6.92 Å². The SMILES string of the molecule is COc1cc2c(cc1OC)CN(C(=O)CNc1cc(C)on1)CC2. The van der Waals surface area contributed by atoms with Crippen molar-refractivity contribution >= 4 is 11.7 Å². The Bertz CT molecular complexity index is 741. The number of methoxy groups -OCH3 is 2. The van der Waals surface area contributed by atoms with Gasteiger partial charge in [-0.15, -0.1) is 0 Å². The first-order valence-electron chi connectivity index (χ1n) is 7.79. The molecule has 1 aromatic heterocycles. The predicted molar refractivity (Wildman–Crippen MR) is 88.4 cm³/mol. The minimum absolute atomic E-state index is 0.0242. The summed E-state index contributed by atoms with van der Waals surface area (Å²) in [5.41, 5.74) is 2.28. The molecule has 0 saturated carbocycles. The highest BCUT2D eigenvalue weighted by atomic mass is 16.5. The van der Waals surface area contributed by atoms with Gasteiger partial charge in [-0.05, 0) is 36.6 Å². The molecule has 0 spiro atoms. The molecule has 0 bridgehead atoms. The van der Waals surface area contributed by atoms with E-state index in [1.165, 1.54) is 5.56 Å². The van der Waals surface area contributed by atoms with Crippen molar-refractivity contribution in [2.24, 2.45) is 0 Å². The Morgan fingerprint density at radius 3 is 2.58 bits per heavy atom. The first-order chi connectivity index (χ1) is 11.6. The van der Waals surface area contributed by atoms with Crippen LogP contribution in [0.4, 0.5) is 5.82 Å². The molecule has 0 unspecified atom stereocenters. The molecule has 3 rings (SSSR count). The number of amides is 1. The van der Waals surface area contributed by atoms with E-state index in [-0.39, 0.29) is 12.5 Å². The van der Waals surface area contributed by atoms with Crippen molar-refractivity contribution in [2.75, 3.05) is 32.6 Å². The van der Waals surface area contributed by atoms with Crippen LogP contribution in [0.25, 0.3) is 0 Å². The van der Waals surface area contributed by atoms with Gasteiger partial charge in [-0.2, -0.15) is 0 Å². The second-order valence-electron chi connectivity index (χ2n) is 5.72. The molecule has 1 aliphatic rings. The fraction of sp³-hybridized carbons (Fsp3) is 0.412. The van der Waals surface area contributed by atoms with Gasteiger partial charge in [0, 0.05) is 19.2 Å². The van der Waals surface area contributed by atoms with Crippen LogP contribution in [-0.2, 0) is 17.8 Å². The van der Waals surface area contributed by atoms with E-state index in [1.807, 2.05) is 24.0 Å². The van der Waals surface area contributed by atoms with Gasteiger partial charge in [0.25, 0.3) is 0 Å². The minimum Gasteiger partial charge on any atom is -0.493 e. The number of anilines is 1. The van der Waals surface area contributed by atoms with Crippen LogP contribution in [-0.4, -0.2) is 43.3 Å². The van der Waals surface area contributed by atoms with Gasteiger partial charge in [-0.3, -0.25) is 4.79 Å². The number of rotatable bonds is 5. The zero-order valence-corrected chi connectivity index (χ0v) is 14.1. The molecule has 0 radical (unpaired) electrons. The maximum Gasteiger partial charge on any atom is 0.242 e. The number of carbonyl (C=O) groups excluding carboxylic acids is 1. The Morgan fingerprint density at radius 1 is 1.25 bits per heavy atom. The van der Waals surface area contributed by atoms with E-state index in [2.05, 4.69) is 10.5 Å². The third kappa shape index (κ3) is 3.29. The second-order valence-corrected chi connectivity index (χ2v) is 5.72. The Labute approximate surface area is 140 Å². The molecule has 7 heteroatoms.